The highest BCUT2D eigenvalue weighted by Crippen LogP contribution is 2.53. The minimum atomic E-state index is 0.0487. The maximum Gasteiger partial charge on any atom is 0.114 e. The molecule has 0 amide bonds. The van der Waals surface area contributed by atoms with Crippen LogP contribution >= 0.6 is 0 Å². The molecule has 2 saturated carbocycles. The van der Waals surface area contributed by atoms with Crippen LogP contribution in [0, 0.1) is 36.0 Å². The Labute approximate surface area is 233 Å². The third kappa shape index (κ3) is 6.51. The molecule has 3 fully saturated rings. The summed E-state index contributed by atoms with van der Waals surface area (Å²) >= 11 is 0. The number of hydrogen-bond donors (Lipinski definition) is 0. The molecular weight excluding hydrogens is 462 g/mol. The average Bonchev–Trinajstić information content (AvgIpc) is 2.88. The molecule has 1 aromatic carbocycles. The first-order chi connectivity index (χ1) is 18.4. The van der Waals surface area contributed by atoms with Gasteiger partial charge >= 0.3 is 0 Å². The fraction of sp³-hybridized carbons (Fsp3) is 0.639. The molecule has 1 aromatic rings. The fourth-order valence-electron chi connectivity index (χ4n) is 8.67. The van der Waals surface area contributed by atoms with Crippen LogP contribution in [0.15, 0.2) is 66.3 Å². The summed E-state index contributed by atoms with van der Waals surface area (Å²) in [5.41, 5.74) is 7.89. The molecule has 2 aliphatic carbocycles. The lowest BCUT2D eigenvalue weighted by atomic mass is 9.61. The lowest BCUT2D eigenvalue weighted by Gasteiger charge is -2.56. The minimum absolute atomic E-state index is 0.0487. The van der Waals surface area contributed by atoms with Crippen molar-refractivity contribution in [3.63, 3.8) is 0 Å². The monoisotopic (exact) mass is 515 g/mol. The van der Waals surface area contributed by atoms with Gasteiger partial charge in [-0.05, 0) is 107 Å². The normalized spacial score (nSPS) is 30.8. The number of rotatable bonds is 10. The van der Waals surface area contributed by atoms with Crippen LogP contribution in [0.1, 0.15) is 96.1 Å². The van der Waals surface area contributed by atoms with Crippen LogP contribution in [-0.2, 0) is 11.2 Å². The Morgan fingerprint density at radius 2 is 2.00 bits per heavy atom. The molecule has 0 spiro atoms. The van der Waals surface area contributed by atoms with Gasteiger partial charge in [0, 0.05) is 18.0 Å². The number of methoxy groups -OCH3 is 1. The van der Waals surface area contributed by atoms with Crippen LogP contribution in [0.5, 0.6) is 0 Å². The molecule has 4 rings (SSSR count). The first-order valence-electron chi connectivity index (χ1n) is 15.5. The molecule has 1 heterocycles. The molecule has 208 valence electrons. The number of hydrogen-bond acceptors (Lipinski definition) is 2. The second-order valence-electron chi connectivity index (χ2n) is 12.8. The standard InChI is InChI=1S/C36H53NO/c1-7-13-29-23-31-17-11-18-32(24-29)35(31)37-20-12-19-36(34(37)9-3,26-30-16-10-15-27(4)21-30)25-28(5)22-33(38-6)14-8-2/h8,10,14-16,21-22,28-29,31-32,35H,3,7,11-13,17-20,23-26H2,1-2,4-6H3/b14-8-,33-22+. The molecule has 3 aliphatic rings. The molecule has 2 nitrogen and oxygen atoms in total. The van der Waals surface area contributed by atoms with Crippen molar-refractivity contribution in [3.05, 3.63) is 77.4 Å². The van der Waals surface area contributed by atoms with Crippen molar-refractivity contribution >= 4 is 0 Å². The van der Waals surface area contributed by atoms with E-state index in [1.54, 1.807) is 7.11 Å². The number of aryl methyl sites for hydroxylation is 1. The molecular formula is C36H53NO. The van der Waals surface area contributed by atoms with Gasteiger partial charge in [0.05, 0.1) is 12.8 Å². The summed E-state index contributed by atoms with van der Waals surface area (Å²) in [4.78, 5) is 2.86. The molecule has 2 heteroatoms. The summed E-state index contributed by atoms with van der Waals surface area (Å²) in [7, 11) is 1.78. The van der Waals surface area contributed by atoms with E-state index in [-0.39, 0.29) is 5.41 Å². The van der Waals surface area contributed by atoms with E-state index in [1.165, 1.54) is 81.2 Å². The van der Waals surface area contributed by atoms with Crippen LogP contribution in [0.4, 0.5) is 0 Å². The molecule has 2 bridgehead atoms. The number of benzene rings is 1. The first-order valence-corrected chi connectivity index (χ1v) is 15.5. The van der Waals surface area contributed by atoms with E-state index in [2.05, 4.69) is 87.4 Å². The van der Waals surface area contributed by atoms with Gasteiger partial charge in [0.25, 0.3) is 0 Å². The van der Waals surface area contributed by atoms with E-state index in [0.717, 1.165) is 36.4 Å². The Morgan fingerprint density at radius 3 is 2.63 bits per heavy atom. The number of allylic oxidation sites excluding steroid dienone is 4. The average molecular weight is 516 g/mol. The maximum atomic E-state index is 5.70. The topological polar surface area (TPSA) is 12.5 Å². The summed E-state index contributed by atoms with van der Waals surface area (Å²) < 4.78 is 5.70. The lowest BCUT2D eigenvalue weighted by molar-refractivity contribution is -0.0152. The van der Waals surface area contributed by atoms with Crippen molar-refractivity contribution in [1.29, 1.82) is 0 Å². The summed E-state index contributed by atoms with van der Waals surface area (Å²) in [6.07, 6.45) is 20.9. The summed E-state index contributed by atoms with van der Waals surface area (Å²) in [5, 5.41) is 0. The predicted molar refractivity (Wildman–Crippen MR) is 162 cm³/mol. The predicted octanol–water partition coefficient (Wildman–Crippen LogP) is 9.42. The zero-order valence-electron chi connectivity index (χ0n) is 25.0. The second kappa shape index (κ2) is 13.3. The van der Waals surface area contributed by atoms with Crippen molar-refractivity contribution in [2.24, 2.45) is 29.1 Å². The Bertz CT molecular complexity index is 1020. The van der Waals surface area contributed by atoms with Crippen molar-refractivity contribution in [2.75, 3.05) is 13.7 Å². The highest BCUT2D eigenvalue weighted by atomic mass is 16.5. The van der Waals surface area contributed by atoms with Gasteiger partial charge in [-0.25, -0.2) is 0 Å². The molecule has 38 heavy (non-hydrogen) atoms. The minimum Gasteiger partial charge on any atom is -0.497 e. The van der Waals surface area contributed by atoms with E-state index in [9.17, 15) is 0 Å². The van der Waals surface area contributed by atoms with E-state index in [4.69, 9.17) is 4.74 Å². The van der Waals surface area contributed by atoms with Crippen LogP contribution in [0.25, 0.3) is 0 Å². The van der Waals surface area contributed by atoms with Gasteiger partial charge in [-0.2, -0.15) is 0 Å². The number of fused-ring (bicyclic) bond motifs is 2. The van der Waals surface area contributed by atoms with Gasteiger partial charge in [0.15, 0.2) is 0 Å². The van der Waals surface area contributed by atoms with E-state index >= 15 is 0 Å². The Balaban J connectivity index is 1.69. The van der Waals surface area contributed by atoms with Gasteiger partial charge in [-0.15, -0.1) is 5.73 Å². The summed E-state index contributed by atoms with van der Waals surface area (Å²) in [5.74, 6) is 3.97. The Morgan fingerprint density at radius 1 is 1.24 bits per heavy atom. The number of ether oxygens (including phenoxy) is 1. The summed E-state index contributed by atoms with van der Waals surface area (Å²) in [6, 6.07) is 9.86. The Kier molecular flexibility index (Phi) is 10.1. The molecule has 1 aliphatic heterocycles. The molecule has 0 N–H and O–H groups in total. The zero-order valence-corrected chi connectivity index (χ0v) is 25.0. The van der Waals surface area contributed by atoms with Gasteiger partial charge in [0.1, 0.15) is 5.76 Å². The molecule has 4 unspecified atom stereocenters. The lowest BCUT2D eigenvalue weighted by Crippen LogP contribution is -2.55. The van der Waals surface area contributed by atoms with Gasteiger partial charge in [-0.3, -0.25) is 0 Å². The smallest absolute Gasteiger partial charge is 0.114 e. The molecule has 0 aromatic heterocycles. The van der Waals surface area contributed by atoms with Crippen molar-refractivity contribution in [3.8, 4) is 0 Å². The Hall–Kier alpha value is -2.18. The van der Waals surface area contributed by atoms with Crippen molar-refractivity contribution < 1.29 is 4.74 Å². The van der Waals surface area contributed by atoms with Crippen molar-refractivity contribution in [1.82, 2.24) is 4.90 Å². The van der Waals surface area contributed by atoms with Gasteiger partial charge < -0.3 is 9.64 Å². The molecule has 4 atom stereocenters. The van der Waals surface area contributed by atoms with Crippen LogP contribution < -0.4 is 0 Å². The fourth-order valence-corrected chi connectivity index (χ4v) is 8.67. The quantitative estimate of drug-likeness (QED) is 0.175. The largest absolute Gasteiger partial charge is 0.497 e. The van der Waals surface area contributed by atoms with Crippen molar-refractivity contribution in [2.45, 2.75) is 104 Å². The number of likely N-dealkylation sites (tertiary alicyclic amines) is 1. The highest BCUT2D eigenvalue weighted by Gasteiger charge is 2.49. The zero-order chi connectivity index (χ0) is 27.1. The third-order valence-electron chi connectivity index (χ3n) is 9.81. The first kappa shape index (κ1) is 28.8. The number of piperidine rings is 1. The third-order valence-corrected chi connectivity index (χ3v) is 9.81. The summed E-state index contributed by atoms with van der Waals surface area (Å²) in [6.45, 7) is 14.6. The van der Waals surface area contributed by atoms with Crippen LogP contribution in [0.3, 0.4) is 0 Å². The van der Waals surface area contributed by atoms with E-state index < -0.39 is 0 Å². The van der Waals surface area contributed by atoms with Crippen LogP contribution in [0.2, 0.25) is 0 Å². The van der Waals surface area contributed by atoms with Gasteiger partial charge in [-0.1, -0.05) is 75.6 Å². The molecule has 0 radical (unpaired) electrons. The van der Waals surface area contributed by atoms with Gasteiger partial charge in [0.2, 0.25) is 0 Å². The van der Waals surface area contributed by atoms with Crippen LogP contribution in [-0.4, -0.2) is 24.6 Å². The van der Waals surface area contributed by atoms with E-state index in [0.29, 0.717) is 12.0 Å². The highest BCUT2D eigenvalue weighted by molar-refractivity contribution is 5.28. The number of nitrogens with zero attached hydrogens (tertiary/aromatic N) is 1. The SMILES string of the molecule is C=C=C1N(C2C3CCCC2CC(CCC)C3)CCCC1(Cc1cccc(C)c1)CC(C)/C=C(\C=C/C)OC. The second-order valence-corrected chi connectivity index (χ2v) is 12.8. The van der Waals surface area contributed by atoms with E-state index in [1.807, 2.05) is 0 Å². The maximum absolute atomic E-state index is 5.70. The molecule has 1 saturated heterocycles.